The number of carbonyl (C=O) groups excluding carboxylic acids is 1. The zero-order valence-electron chi connectivity index (χ0n) is 9.24. The number of hydrogen-bond acceptors (Lipinski definition) is 8. The van der Waals surface area contributed by atoms with Crippen LogP contribution in [0.2, 0.25) is 0 Å². The van der Waals surface area contributed by atoms with Crippen molar-refractivity contribution in [2.24, 2.45) is 0 Å². The third kappa shape index (κ3) is 3.81. The molecule has 0 saturated heterocycles. The summed E-state index contributed by atoms with van der Waals surface area (Å²) >= 11 is 0. The molecule has 0 aromatic carbocycles. The van der Waals surface area contributed by atoms with Crippen LogP contribution in [0.3, 0.4) is 0 Å². The normalized spacial score (nSPS) is 14.1. The van der Waals surface area contributed by atoms with Gasteiger partial charge in [-0.25, -0.2) is 4.79 Å². The molecule has 2 unspecified atom stereocenters. The van der Waals surface area contributed by atoms with E-state index in [4.69, 9.17) is 0 Å². The average Bonchev–Trinajstić information content (AvgIpc) is 2.33. The Bertz CT molecular complexity index is 295. The summed E-state index contributed by atoms with van der Waals surface area (Å²) in [5, 5.41) is 0. The fourth-order valence-corrected chi connectivity index (χ4v) is 3.55. The highest BCUT2D eigenvalue weighted by molar-refractivity contribution is 7.66. The summed E-state index contributed by atoms with van der Waals surface area (Å²) in [5.74, 6) is 0. The summed E-state index contributed by atoms with van der Waals surface area (Å²) in [6.07, 6.45) is -1.17. The number of carbonyl (C=O) groups is 1. The minimum Gasteiger partial charge on any atom is -0.438 e. The summed E-state index contributed by atoms with van der Waals surface area (Å²) in [5.41, 5.74) is -1.67. The van der Waals surface area contributed by atoms with Crippen molar-refractivity contribution in [3.63, 3.8) is 0 Å². The van der Waals surface area contributed by atoms with Gasteiger partial charge in [0.1, 0.15) is 0 Å². The first-order chi connectivity index (χ1) is 7.45. The molecule has 0 aromatic heterocycles. The van der Waals surface area contributed by atoms with E-state index in [0.29, 0.717) is 0 Å². The molecule has 0 aliphatic rings. The molecule has 2 atom stereocenters. The summed E-state index contributed by atoms with van der Waals surface area (Å²) in [7, 11) is -2.15. The van der Waals surface area contributed by atoms with Gasteiger partial charge in [0.15, 0.2) is 0 Å². The van der Waals surface area contributed by atoms with Crippen LogP contribution in [0, 0.1) is 0 Å². The summed E-state index contributed by atoms with van der Waals surface area (Å²) in [4.78, 5) is 10.9. The molecule has 0 aromatic rings. The zero-order valence-corrected chi connectivity index (χ0v) is 11.0. The van der Waals surface area contributed by atoms with Gasteiger partial charge in [-0.2, -0.15) is 0 Å². The second-order valence-electron chi connectivity index (χ2n) is 2.27. The Morgan fingerprint density at radius 2 is 1.69 bits per heavy atom. The molecule has 0 aliphatic heterocycles. The molecule has 0 bridgehead atoms. The maximum absolute atomic E-state index is 11.9. The van der Waals surface area contributed by atoms with Crippen LogP contribution in [0.15, 0.2) is 0 Å². The van der Waals surface area contributed by atoms with Gasteiger partial charge in [-0.1, -0.05) is 0 Å². The van der Waals surface area contributed by atoms with Crippen LogP contribution in [-0.2, 0) is 32.2 Å². The van der Waals surface area contributed by atoms with Crippen molar-refractivity contribution in [1.29, 1.82) is 0 Å². The molecule has 0 amide bonds. The first kappa shape index (κ1) is 15.5. The van der Waals surface area contributed by atoms with Crippen molar-refractivity contribution in [2.75, 3.05) is 28.4 Å². The van der Waals surface area contributed by atoms with Gasteiger partial charge < -0.3 is 18.5 Å². The minimum atomic E-state index is -3.86. The molecule has 8 nitrogen and oxygen atoms in total. The van der Waals surface area contributed by atoms with E-state index in [9.17, 15) is 13.9 Å². The predicted molar refractivity (Wildman–Crippen MR) is 53.5 cm³/mol. The molecule has 0 rings (SSSR count). The minimum absolute atomic E-state index is 1.05. The van der Waals surface area contributed by atoms with E-state index in [2.05, 4.69) is 23.0 Å². The summed E-state index contributed by atoms with van der Waals surface area (Å²) in [6, 6.07) is 0. The maximum Gasteiger partial charge on any atom is 0.567 e. The van der Waals surface area contributed by atoms with Crippen molar-refractivity contribution in [3.8, 4) is 0 Å². The van der Waals surface area contributed by atoms with E-state index in [1.54, 1.807) is 0 Å². The second-order valence-corrected chi connectivity index (χ2v) is 6.36. The van der Waals surface area contributed by atoms with Gasteiger partial charge in [-0.15, -0.1) is 4.52 Å². The Morgan fingerprint density at radius 3 is 2.00 bits per heavy atom. The molecule has 0 fully saturated rings. The van der Waals surface area contributed by atoms with Gasteiger partial charge in [-0.3, -0.25) is 4.57 Å². The van der Waals surface area contributed by atoms with Gasteiger partial charge in [0.25, 0.3) is 0 Å². The third-order valence-corrected chi connectivity index (χ3v) is 5.41. The lowest BCUT2D eigenvalue weighted by Gasteiger charge is -2.14. The summed E-state index contributed by atoms with van der Waals surface area (Å²) < 4.78 is 45.5. The predicted octanol–water partition coefficient (Wildman–Crippen LogP) is 1.93. The fourth-order valence-electron chi connectivity index (χ4n) is 0.702. The number of methoxy groups -OCH3 is 1. The molecule has 0 aliphatic carbocycles. The quantitative estimate of drug-likeness (QED) is 0.535. The molecular weight excluding hydrogens is 262 g/mol. The maximum atomic E-state index is 11.9. The number of rotatable bonds is 6. The Hall–Kier alpha value is -0.520. The van der Waals surface area contributed by atoms with Crippen LogP contribution in [0.5, 0.6) is 0 Å². The van der Waals surface area contributed by atoms with E-state index in [1.165, 1.54) is 0 Å². The third-order valence-electron chi connectivity index (χ3n) is 1.51. The summed E-state index contributed by atoms with van der Waals surface area (Å²) in [6.45, 7) is 0. The molecule has 0 spiro atoms. The SMILES string of the molecule is COC(=O)OC([P+](=O)OC)P(=O)(OC)OC. The van der Waals surface area contributed by atoms with E-state index in [1.807, 2.05) is 0 Å². The average molecular weight is 275 g/mol. The number of hydrogen-bond donors (Lipinski definition) is 0. The van der Waals surface area contributed by atoms with E-state index < -0.39 is 27.4 Å². The van der Waals surface area contributed by atoms with Crippen molar-refractivity contribution in [3.05, 3.63) is 0 Å². The topological polar surface area (TPSA) is 97.4 Å². The Labute approximate surface area is 93.5 Å². The Balaban J connectivity index is 5.00. The molecular formula is C6H13O8P2+. The standard InChI is InChI=1S/C6H13O8P2/c1-10-5(7)14-6(15(8)11-2)16(9,12-3)13-4/h6H,1-4H3/q+1. The molecule has 10 heteroatoms. The fraction of sp³-hybridized carbons (Fsp3) is 0.833. The van der Waals surface area contributed by atoms with E-state index in [-0.39, 0.29) is 0 Å². The van der Waals surface area contributed by atoms with Crippen LogP contribution in [0.1, 0.15) is 0 Å². The first-order valence-corrected chi connectivity index (χ1v) is 6.77. The van der Waals surface area contributed by atoms with Crippen LogP contribution in [-0.4, -0.2) is 40.2 Å². The lowest BCUT2D eigenvalue weighted by molar-refractivity contribution is 0.0674. The van der Waals surface area contributed by atoms with E-state index in [0.717, 1.165) is 28.4 Å². The highest BCUT2D eigenvalue weighted by Crippen LogP contribution is 2.60. The Kier molecular flexibility index (Phi) is 6.71. The molecule has 0 saturated carbocycles. The van der Waals surface area contributed by atoms with Crippen LogP contribution >= 0.6 is 15.6 Å². The second kappa shape index (κ2) is 6.93. The highest BCUT2D eigenvalue weighted by atomic mass is 31.2. The van der Waals surface area contributed by atoms with Crippen molar-refractivity contribution in [2.45, 2.75) is 5.59 Å². The monoisotopic (exact) mass is 275 g/mol. The Morgan fingerprint density at radius 1 is 1.19 bits per heavy atom. The van der Waals surface area contributed by atoms with Gasteiger partial charge in [0, 0.05) is 14.2 Å². The highest BCUT2D eigenvalue weighted by Gasteiger charge is 2.54. The molecule has 16 heavy (non-hydrogen) atoms. The number of ether oxygens (including phenoxy) is 2. The van der Waals surface area contributed by atoms with Gasteiger partial charge >= 0.3 is 27.4 Å². The van der Waals surface area contributed by atoms with E-state index >= 15 is 0 Å². The lowest BCUT2D eigenvalue weighted by Crippen LogP contribution is -2.17. The van der Waals surface area contributed by atoms with Crippen LogP contribution in [0.4, 0.5) is 4.79 Å². The van der Waals surface area contributed by atoms with Crippen LogP contribution < -0.4 is 0 Å². The molecule has 0 heterocycles. The smallest absolute Gasteiger partial charge is 0.438 e. The van der Waals surface area contributed by atoms with Gasteiger partial charge in [0.05, 0.1) is 14.2 Å². The molecule has 94 valence electrons. The van der Waals surface area contributed by atoms with Gasteiger partial charge in [0.2, 0.25) is 0 Å². The first-order valence-electron chi connectivity index (χ1n) is 3.91. The lowest BCUT2D eigenvalue weighted by atomic mass is 11.3. The van der Waals surface area contributed by atoms with Crippen molar-refractivity contribution >= 4 is 21.8 Å². The van der Waals surface area contributed by atoms with Crippen molar-refractivity contribution < 1.29 is 37.0 Å². The van der Waals surface area contributed by atoms with Crippen molar-refractivity contribution in [1.82, 2.24) is 0 Å². The largest absolute Gasteiger partial charge is 0.567 e. The molecule has 0 N–H and O–H groups in total. The zero-order chi connectivity index (χ0) is 12.8. The van der Waals surface area contributed by atoms with Gasteiger partial charge in [-0.05, 0) is 4.57 Å². The van der Waals surface area contributed by atoms with Crippen LogP contribution in [0.25, 0.3) is 0 Å². The molecule has 0 radical (unpaired) electrons.